The fourth-order valence-electron chi connectivity index (χ4n) is 4.19. The number of amides is 2. The Morgan fingerprint density at radius 2 is 1.77 bits per heavy atom. The molecule has 0 bridgehead atoms. The van der Waals surface area contributed by atoms with Crippen molar-refractivity contribution in [3.8, 4) is 5.75 Å². The third kappa shape index (κ3) is 5.65. The Morgan fingerprint density at radius 3 is 2.33 bits per heavy atom. The van der Waals surface area contributed by atoms with Gasteiger partial charge in [0, 0.05) is 44.4 Å². The van der Waals surface area contributed by atoms with Gasteiger partial charge in [-0.2, -0.15) is 9.30 Å². The van der Waals surface area contributed by atoms with Crippen molar-refractivity contribution >= 4 is 49.3 Å². The van der Waals surface area contributed by atoms with Gasteiger partial charge in [-0.15, -0.1) is 0 Å². The molecule has 2 aromatic carbocycles. The SMILES string of the molecule is CCOC(=O)N1CCN(S(=O)(=O)c2ccc(C(=O)N=c3sc4cc([N+](=O)[O-])cc(OC)c4n3CC)cc2)CC1. The molecule has 4 rings (SSSR count). The highest BCUT2D eigenvalue weighted by atomic mass is 32.2. The highest BCUT2D eigenvalue weighted by molar-refractivity contribution is 7.89. The van der Waals surface area contributed by atoms with Gasteiger partial charge in [0.05, 0.1) is 34.3 Å². The number of carbonyl (C=O) groups excluding carboxylic acids is 2. The van der Waals surface area contributed by atoms with Gasteiger partial charge < -0.3 is 18.9 Å². The number of nitro groups is 1. The summed E-state index contributed by atoms with van der Waals surface area (Å²) in [5.41, 5.74) is 0.631. The quantitative estimate of drug-likeness (QED) is 0.307. The van der Waals surface area contributed by atoms with Crippen LogP contribution in [0.15, 0.2) is 46.3 Å². The number of benzene rings is 2. The van der Waals surface area contributed by atoms with E-state index < -0.39 is 26.9 Å². The highest BCUT2D eigenvalue weighted by Gasteiger charge is 2.30. The van der Waals surface area contributed by atoms with Crippen molar-refractivity contribution in [3.63, 3.8) is 0 Å². The molecule has 0 atom stereocenters. The van der Waals surface area contributed by atoms with Gasteiger partial charge in [0.25, 0.3) is 11.6 Å². The average molecular weight is 578 g/mol. The molecular formula is C24H27N5O8S2. The lowest BCUT2D eigenvalue weighted by Crippen LogP contribution is -2.50. The van der Waals surface area contributed by atoms with E-state index in [1.807, 2.05) is 6.92 Å². The summed E-state index contributed by atoms with van der Waals surface area (Å²) in [6.45, 7) is 4.91. The van der Waals surface area contributed by atoms with Crippen molar-refractivity contribution < 1.29 is 32.4 Å². The minimum absolute atomic E-state index is 0.0196. The zero-order valence-electron chi connectivity index (χ0n) is 21.5. The van der Waals surface area contributed by atoms with Gasteiger partial charge in [0.2, 0.25) is 10.0 Å². The van der Waals surface area contributed by atoms with Crippen LogP contribution in [0, 0.1) is 10.1 Å². The summed E-state index contributed by atoms with van der Waals surface area (Å²) in [6.07, 6.45) is -0.471. The average Bonchev–Trinajstić information content (AvgIpc) is 3.29. The van der Waals surface area contributed by atoms with E-state index in [4.69, 9.17) is 9.47 Å². The van der Waals surface area contributed by atoms with Crippen LogP contribution >= 0.6 is 11.3 Å². The first-order valence-corrected chi connectivity index (χ1v) is 14.3. The minimum atomic E-state index is -3.83. The van der Waals surface area contributed by atoms with E-state index in [0.29, 0.717) is 27.3 Å². The first-order chi connectivity index (χ1) is 18.6. The number of sulfonamides is 1. The van der Waals surface area contributed by atoms with Crippen LogP contribution in [0.5, 0.6) is 5.75 Å². The summed E-state index contributed by atoms with van der Waals surface area (Å²) in [7, 11) is -2.42. The summed E-state index contributed by atoms with van der Waals surface area (Å²) in [4.78, 5) is 41.7. The van der Waals surface area contributed by atoms with Crippen molar-refractivity contribution in [3.05, 3.63) is 56.9 Å². The molecule has 0 unspecified atom stereocenters. The molecule has 1 aromatic heterocycles. The number of hydrogen-bond acceptors (Lipinski definition) is 9. The molecular weight excluding hydrogens is 550 g/mol. The van der Waals surface area contributed by atoms with Gasteiger partial charge in [-0.3, -0.25) is 14.9 Å². The van der Waals surface area contributed by atoms with Gasteiger partial charge in [-0.1, -0.05) is 11.3 Å². The first-order valence-electron chi connectivity index (χ1n) is 12.1. The largest absolute Gasteiger partial charge is 0.494 e. The predicted octanol–water partition coefficient (Wildman–Crippen LogP) is 2.84. The lowest BCUT2D eigenvalue weighted by atomic mass is 10.2. The summed E-state index contributed by atoms with van der Waals surface area (Å²) < 4.78 is 40.1. The number of nitrogens with zero attached hydrogens (tertiary/aromatic N) is 5. The molecule has 1 aliphatic rings. The third-order valence-corrected chi connectivity index (χ3v) is 9.11. The second-order valence-corrected chi connectivity index (χ2v) is 11.4. The molecule has 2 heterocycles. The van der Waals surface area contributed by atoms with E-state index in [2.05, 4.69) is 4.99 Å². The van der Waals surface area contributed by atoms with Crippen LogP contribution in [0.2, 0.25) is 0 Å². The number of rotatable bonds is 7. The van der Waals surface area contributed by atoms with Crippen LogP contribution in [-0.4, -0.2) is 79.0 Å². The molecule has 13 nitrogen and oxygen atoms in total. The maximum Gasteiger partial charge on any atom is 0.409 e. The Labute approximate surface area is 228 Å². The third-order valence-electron chi connectivity index (χ3n) is 6.17. The van der Waals surface area contributed by atoms with Crippen LogP contribution in [-0.2, 0) is 21.3 Å². The van der Waals surface area contributed by atoms with Crippen molar-refractivity contribution in [1.82, 2.24) is 13.8 Å². The number of methoxy groups -OCH3 is 1. The summed E-state index contributed by atoms with van der Waals surface area (Å²) in [6, 6.07) is 8.21. The lowest BCUT2D eigenvalue weighted by Gasteiger charge is -2.33. The van der Waals surface area contributed by atoms with Crippen LogP contribution < -0.4 is 9.54 Å². The normalized spacial score (nSPS) is 14.9. The molecule has 208 valence electrons. The number of aromatic nitrogens is 1. The fraction of sp³-hybridized carbons (Fsp3) is 0.375. The Hall–Kier alpha value is -3.82. The second-order valence-electron chi connectivity index (χ2n) is 8.41. The maximum absolute atomic E-state index is 13.1. The molecule has 39 heavy (non-hydrogen) atoms. The number of nitro benzene ring substituents is 1. The lowest BCUT2D eigenvalue weighted by molar-refractivity contribution is -0.384. The number of carbonyl (C=O) groups is 2. The number of fused-ring (bicyclic) bond motifs is 1. The maximum atomic E-state index is 13.1. The van der Waals surface area contributed by atoms with Gasteiger partial charge >= 0.3 is 6.09 Å². The first kappa shape index (κ1) is 28.2. The molecule has 0 spiro atoms. The Kier molecular flexibility index (Phi) is 8.32. The number of thiazole rings is 1. The number of hydrogen-bond donors (Lipinski definition) is 0. The standard InChI is InChI=1S/C24H27N5O8S2/c1-4-28-21-19(36-3)14-17(29(32)33)15-20(21)38-23(28)25-22(30)16-6-8-18(9-7-16)39(34,35)27-12-10-26(11-13-27)24(31)37-5-2/h6-9,14-15H,4-5,10-13H2,1-3H3. The Bertz CT molecular complexity index is 1590. The topological polar surface area (TPSA) is 154 Å². The number of non-ortho nitro benzene ring substituents is 1. The summed E-state index contributed by atoms with van der Waals surface area (Å²) in [5.74, 6) is -0.298. The van der Waals surface area contributed by atoms with E-state index >= 15 is 0 Å². The highest BCUT2D eigenvalue weighted by Crippen LogP contribution is 2.32. The Morgan fingerprint density at radius 1 is 1.10 bits per heavy atom. The number of ether oxygens (including phenoxy) is 2. The summed E-state index contributed by atoms with van der Waals surface area (Å²) in [5, 5.41) is 11.3. The van der Waals surface area contributed by atoms with Crippen LogP contribution in [0.3, 0.4) is 0 Å². The van der Waals surface area contributed by atoms with Crippen LogP contribution in [0.25, 0.3) is 10.2 Å². The van der Waals surface area contributed by atoms with E-state index in [1.54, 1.807) is 11.5 Å². The minimum Gasteiger partial charge on any atom is -0.494 e. The molecule has 15 heteroatoms. The van der Waals surface area contributed by atoms with Gasteiger partial charge in [0.1, 0.15) is 5.52 Å². The van der Waals surface area contributed by atoms with Crippen molar-refractivity contribution in [2.75, 3.05) is 39.9 Å². The molecule has 0 radical (unpaired) electrons. The zero-order valence-corrected chi connectivity index (χ0v) is 23.2. The second kappa shape index (κ2) is 11.5. The number of aryl methyl sites for hydroxylation is 1. The van der Waals surface area contributed by atoms with E-state index in [1.165, 1.54) is 52.7 Å². The van der Waals surface area contributed by atoms with Gasteiger partial charge in [-0.25, -0.2) is 13.2 Å². The van der Waals surface area contributed by atoms with E-state index in [9.17, 15) is 28.1 Å². The summed E-state index contributed by atoms with van der Waals surface area (Å²) >= 11 is 1.12. The molecule has 1 saturated heterocycles. The van der Waals surface area contributed by atoms with Gasteiger partial charge in [-0.05, 0) is 38.1 Å². The van der Waals surface area contributed by atoms with Crippen molar-refractivity contribution in [1.29, 1.82) is 0 Å². The van der Waals surface area contributed by atoms with Crippen LogP contribution in [0.1, 0.15) is 24.2 Å². The van der Waals surface area contributed by atoms with Gasteiger partial charge in [0.15, 0.2) is 10.6 Å². The molecule has 2 amide bonds. The molecule has 0 N–H and O–H groups in total. The van der Waals surface area contributed by atoms with E-state index in [-0.39, 0.29) is 48.9 Å². The molecule has 0 aliphatic carbocycles. The monoisotopic (exact) mass is 577 g/mol. The Balaban J connectivity index is 1.58. The smallest absolute Gasteiger partial charge is 0.409 e. The number of piperazine rings is 1. The predicted molar refractivity (Wildman–Crippen MR) is 142 cm³/mol. The molecule has 1 fully saturated rings. The zero-order chi connectivity index (χ0) is 28.3. The van der Waals surface area contributed by atoms with Crippen LogP contribution in [0.4, 0.5) is 10.5 Å². The molecule has 0 saturated carbocycles. The molecule has 1 aliphatic heterocycles. The van der Waals surface area contributed by atoms with Crippen molar-refractivity contribution in [2.24, 2.45) is 4.99 Å². The van der Waals surface area contributed by atoms with E-state index in [0.717, 1.165) is 11.3 Å². The van der Waals surface area contributed by atoms with Crippen molar-refractivity contribution in [2.45, 2.75) is 25.3 Å². The molecule has 3 aromatic rings. The fourth-order valence-corrected chi connectivity index (χ4v) is 6.76.